The van der Waals surface area contributed by atoms with E-state index in [0.29, 0.717) is 13.2 Å². The van der Waals surface area contributed by atoms with Gasteiger partial charge in [0.2, 0.25) is 0 Å². The fourth-order valence-electron chi connectivity index (χ4n) is 2.36. The van der Waals surface area contributed by atoms with Gasteiger partial charge in [-0.3, -0.25) is 4.99 Å². The number of ether oxygens (including phenoxy) is 4. The third-order valence-electron chi connectivity index (χ3n) is 3.82. The highest BCUT2D eigenvalue weighted by Gasteiger charge is 2.05. The van der Waals surface area contributed by atoms with Gasteiger partial charge in [0.15, 0.2) is 17.5 Å². The Kier molecular flexibility index (Phi) is 16.1. The molecule has 0 atom stereocenters. The predicted molar refractivity (Wildman–Crippen MR) is 120 cm³/mol. The molecule has 0 unspecified atom stereocenters. The van der Waals surface area contributed by atoms with E-state index in [4.69, 9.17) is 18.9 Å². The third-order valence-corrected chi connectivity index (χ3v) is 3.82. The molecular formula is C19H34IN3O4. The summed E-state index contributed by atoms with van der Waals surface area (Å²) in [6, 6.07) is 5.97. The third kappa shape index (κ3) is 11.2. The van der Waals surface area contributed by atoms with Crippen LogP contribution in [0.25, 0.3) is 0 Å². The van der Waals surface area contributed by atoms with Crippen molar-refractivity contribution >= 4 is 29.9 Å². The number of hydrogen-bond acceptors (Lipinski definition) is 5. The Bertz CT molecular complexity index is 530. The van der Waals surface area contributed by atoms with Crippen LogP contribution in [0, 0.1) is 0 Å². The molecule has 0 radical (unpaired) electrons. The number of nitrogens with zero attached hydrogens (tertiary/aromatic N) is 1. The lowest BCUT2D eigenvalue weighted by molar-refractivity contribution is 0.0689. The molecule has 0 spiro atoms. The van der Waals surface area contributed by atoms with Crippen LogP contribution in [0.4, 0.5) is 0 Å². The quantitative estimate of drug-likeness (QED) is 0.190. The van der Waals surface area contributed by atoms with Crippen LogP contribution in [0.5, 0.6) is 11.5 Å². The summed E-state index contributed by atoms with van der Waals surface area (Å²) in [5, 5.41) is 6.63. The Morgan fingerprint density at radius 2 is 1.67 bits per heavy atom. The van der Waals surface area contributed by atoms with Crippen LogP contribution in [-0.2, 0) is 15.9 Å². The number of benzene rings is 1. The van der Waals surface area contributed by atoms with Crippen molar-refractivity contribution in [3.05, 3.63) is 23.8 Å². The Morgan fingerprint density at radius 3 is 2.33 bits per heavy atom. The number of aliphatic imine (C=N–C) groups is 1. The summed E-state index contributed by atoms with van der Waals surface area (Å²) in [7, 11) is 6.74. The number of guanidine groups is 1. The van der Waals surface area contributed by atoms with E-state index in [0.717, 1.165) is 56.4 Å². The average molecular weight is 495 g/mol. The first kappa shape index (κ1) is 25.7. The summed E-state index contributed by atoms with van der Waals surface area (Å²) < 4.78 is 21.0. The minimum absolute atomic E-state index is 0. The normalized spacial score (nSPS) is 10.9. The molecule has 0 saturated carbocycles. The van der Waals surface area contributed by atoms with Crippen molar-refractivity contribution in [2.75, 3.05) is 61.3 Å². The lowest BCUT2D eigenvalue weighted by atomic mass is 10.1. The van der Waals surface area contributed by atoms with E-state index in [1.807, 2.05) is 18.2 Å². The molecule has 0 aliphatic rings. The predicted octanol–water partition coefficient (Wildman–Crippen LogP) is 2.47. The van der Waals surface area contributed by atoms with Gasteiger partial charge in [-0.05, 0) is 37.0 Å². The number of rotatable bonds is 13. The van der Waals surface area contributed by atoms with Crippen LogP contribution in [0.15, 0.2) is 23.2 Å². The standard InChI is InChI=1S/C19H33N3O4.HI/c1-20-19(21-10-5-6-12-26-14-13-23-2)22-11-9-16-7-8-17(24-3)18(15-16)25-4;/h7-8,15H,5-6,9-14H2,1-4H3,(H2,20,21,22);1H. The van der Waals surface area contributed by atoms with Crippen LogP contribution in [-0.4, -0.2) is 67.2 Å². The number of unbranched alkanes of at least 4 members (excludes halogenated alkanes) is 1. The largest absolute Gasteiger partial charge is 0.493 e. The number of hydrogen-bond donors (Lipinski definition) is 2. The van der Waals surface area contributed by atoms with Crippen molar-refractivity contribution in [2.45, 2.75) is 19.3 Å². The fourth-order valence-corrected chi connectivity index (χ4v) is 2.36. The van der Waals surface area contributed by atoms with E-state index in [9.17, 15) is 0 Å². The molecule has 8 heteroatoms. The Hall–Kier alpha value is -1.26. The van der Waals surface area contributed by atoms with E-state index in [1.54, 1.807) is 28.4 Å². The van der Waals surface area contributed by atoms with Crippen molar-refractivity contribution < 1.29 is 18.9 Å². The van der Waals surface area contributed by atoms with Gasteiger partial charge in [-0.1, -0.05) is 6.07 Å². The second-order valence-electron chi connectivity index (χ2n) is 5.68. The van der Waals surface area contributed by atoms with Gasteiger partial charge in [0.25, 0.3) is 0 Å². The number of nitrogens with one attached hydrogen (secondary N) is 2. The van der Waals surface area contributed by atoms with Gasteiger partial charge in [0, 0.05) is 33.9 Å². The molecule has 0 fully saturated rings. The van der Waals surface area contributed by atoms with Gasteiger partial charge in [-0.2, -0.15) is 0 Å². The zero-order valence-electron chi connectivity index (χ0n) is 16.9. The molecule has 0 saturated heterocycles. The molecule has 0 heterocycles. The van der Waals surface area contributed by atoms with E-state index < -0.39 is 0 Å². The molecule has 27 heavy (non-hydrogen) atoms. The Labute approximate surface area is 180 Å². The van der Waals surface area contributed by atoms with Gasteiger partial charge < -0.3 is 29.6 Å². The second kappa shape index (κ2) is 16.9. The number of methoxy groups -OCH3 is 3. The molecule has 1 aromatic carbocycles. The molecule has 0 aliphatic carbocycles. The highest BCUT2D eigenvalue weighted by atomic mass is 127. The maximum Gasteiger partial charge on any atom is 0.190 e. The molecule has 0 bridgehead atoms. The molecule has 0 amide bonds. The van der Waals surface area contributed by atoms with Crippen LogP contribution in [0.1, 0.15) is 18.4 Å². The molecule has 1 rings (SSSR count). The summed E-state index contributed by atoms with van der Waals surface area (Å²) in [5.74, 6) is 2.30. The van der Waals surface area contributed by atoms with Gasteiger partial charge in [0.05, 0.1) is 27.4 Å². The summed E-state index contributed by atoms with van der Waals surface area (Å²) in [6.45, 7) is 3.72. The summed E-state index contributed by atoms with van der Waals surface area (Å²) in [4.78, 5) is 4.24. The number of halogens is 1. The molecule has 0 aromatic heterocycles. The summed E-state index contributed by atoms with van der Waals surface area (Å²) in [5.41, 5.74) is 1.18. The summed E-state index contributed by atoms with van der Waals surface area (Å²) >= 11 is 0. The first-order chi connectivity index (χ1) is 12.7. The van der Waals surface area contributed by atoms with Crippen LogP contribution in [0.2, 0.25) is 0 Å². The first-order valence-electron chi connectivity index (χ1n) is 8.97. The van der Waals surface area contributed by atoms with Gasteiger partial charge in [-0.25, -0.2) is 0 Å². The molecule has 2 N–H and O–H groups in total. The smallest absolute Gasteiger partial charge is 0.190 e. The Morgan fingerprint density at radius 1 is 0.926 bits per heavy atom. The molecular weight excluding hydrogens is 461 g/mol. The van der Waals surface area contributed by atoms with Crippen molar-refractivity contribution in [3.63, 3.8) is 0 Å². The minimum Gasteiger partial charge on any atom is -0.493 e. The SMILES string of the molecule is CN=C(NCCCCOCCOC)NCCc1ccc(OC)c(OC)c1.I. The van der Waals surface area contributed by atoms with E-state index in [2.05, 4.69) is 15.6 Å². The minimum atomic E-state index is 0. The van der Waals surface area contributed by atoms with Crippen molar-refractivity contribution in [2.24, 2.45) is 4.99 Å². The Balaban J connectivity index is 0.00000676. The molecule has 156 valence electrons. The van der Waals surface area contributed by atoms with Gasteiger partial charge in [0.1, 0.15) is 0 Å². The monoisotopic (exact) mass is 495 g/mol. The average Bonchev–Trinajstić information content (AvgIpc) is 2.68. The van der Waals surface area contributed by atoms with E-state index in [1.165, 1.54) is 5.56 Å². The van der Waals surface area contributed by atoms with Crippen molar-refractivity contribution in [1.82, 2.24) is 10.6 Å². The molecule has 0 aliphatic heterocycles. The lowest BCUT2D eigenvalue weighted by Gasteiger charge is -2.13. The molecule has 1 aromatic rings. The zero-order valence-corrected chi connectivity index (χ0v) is 19.2. The maximum absolute atomic E-state index is 5.44. The van der Waals surface area contributed by atoms with Gasteiger partial charge >= 0.3 is 0 Å². The zero-order chi connectivity index (χ0) is 19.0. The van der Waals surface area contributed by atoms with E-state index >= 15 is 0 Å². The first-order valence-corrected chi connectivity index (χ1v) is 8.97. The summed E-state index contributed by atoms with van der Waals surface area (Å²) in [6.07, 6.45) is 2.91. The molecule has 7 nitrogen and oxygen atoms in total. The van der Waals surface area contributed by atoms with Crippen molar-refractivity contribution in [3.8, 4) is 11.5 Å². The topological polar surface area (TPSA) is 73.3 Å². The second-order valence-corrected chi connectivity index (χ2v) is 5.68. The van der Waals surface area contributed by atoms with Crippen LogP contribution >= 0.6 is 24.0 Å². The highest BCUT2D eigenvalue weighted by molar-refractivity contribution is 14.0. The van der Waals surface area contributed by atoms with Crippen molar-refractivity contribution in [1.29, 1.82) is 0 Å². The van der Waals surface area contributed by atoms with Crippen LogP contribution in [0.3, 0.4) is 0 Å². The van der Waals surface area contributed by atoms with Gasteiger partial charge in [-0.15, -0.1) is 24.0 Å². The lowest BCUT2D eigenvalue weighted by Crippen LogP contribution is -2.38. The van der Waals surface area contributed by atoms with Crippen LogP contribution < -0.4 is 20.1 Å². The fraction of sp³-hybridized carbons (Fsp3) is 0.632. The highest BCUT2D eigenvalue weighted by Crippen LogP contribution is 2.27. The van der Waals surface area contributed by atoms with E-state index in [-0.39, 0.29) is 24.0 Å². The maximum atomic E-state index is 5.44.